The average Bonchev–Trinajstić information content (AvgIpc) is 2.95. The molecule has 1 fully saturated rings. The Hall–Kier alpha value is -2.64. The SMILES string of the molecule is O=C(O)C1CCN(C(=O)CNc2ccccc2[N+](=O)[O-])C1. The zero-order valence-corrected chi connectivity index (χ0v) is 11.2. The van der Waals surface area contributed by atoms with Gasteiger partial charge in [0.15, 0.2) is 0 Å². The standard InChI is InChI=1S/C13H15N3O5/c17-12(15-6-5-9(8-15)13(18)19)7-14-10-3-1-2-4-11(10)16(20)21/h1-4,9,14H,5-8H2,(H,18,19). The Bertz CT molecular complexity index is 575. The maximum absolute atomic E-state index is 12.0. The predicted octanol–water partition coefficient (Wildman–Crippen LogP) is 0.940. The molecule has 2 rings (SSSR count). The van der Waals surface area contributed by atoms with Gasteiger partial charge in [-0.2, -0.15) is 0 Å². The summed E-state index contributed by atoms with van der Waals surface area (Å²) in [5.41, 5.74) is 0.167. The highest BCUT2D eigenvalue weighted by Crippen LogP contribution is 2.23. The van der Waals surface area contributed by atoms with Gasteiger partial charge in [-0.25, -0.2) is 0 Å². The Kier molecular flexibility index (Phi) is 4.36. The molecule has 8 heteroatoms. The zero-order valence-electron chi connectivity index (χ0n) is 11.2. The number of rotatable bonds is 5. The second kappa shape index (κ2) is 6.21. The molecule has 0 aromatic heterocycles. The van der Waals surface area contributed by atoms with Gasteiger partial charge in [0.2, 0.25) is 5.91 Å². The highest BCUT2D eigenvalue weighted by atomic mass is 16.6. The molecule has 0 aliphatic carbocycles. The summed E-state index contributed by atoms with van der Waals surface area (Å²) in [5.74, 6) is -1.70. The summed E-state index contributed by atoms with van der Waals surface area (Å²) in [7, 11) is 0. The summed E-state index contributed by atoms with van der Waals surface area (Å²) in [4.78, 5) is 34.6. The van der Waals surface area contributed by atoms with Crippen LogP contribution in [0.2, 0.25) is 0 Å². The van der Waals surface area contributed by atoms with E-state index in [2.05, 4.69) is 5.32 Å². The van der Waals surface area contributed by atoms with Crippen LogP contribution in [0, 0.1) is 16.0 Å². The lowest BCUT2D eigenvalue weighted by molar-refractivity contribution is -0.383. The molecule has 0 bridgehead atoms. The van der Waals surface area contributed by atoms with Gasteiger partial charge in [-0.3, -0.25) is 19.7 Å². The van der Waals surface area contributed by atoms with Gasteiger partial charge in [0.25, 0.3) is 5.69 Å². The predicted molar refractivity (Wildman–Crippen MR) is 73.9 cm³/mol. The van der Waals surface area contributed by atoms with E-state index in [0.29, 0.717) is 13.0 Å². The van der Waals surface area contributed by atoms with Crippen molar-refractivity contribution in [2.75, 3.05) is 25.0 Å². The van der Waals surface area contributed by atoms with Crippen molar-refractivity contribution in [3.8, 4) is 0 Å². The molecule has 1 amide bonds. The molecule has 1 aliphatic heterocycles. The first kappa shape index (κ1) is 14.8. The zero-order chi connectivity index (χ0) is 15.4. The number of hydrogen-bond donors (Lipinski definition) is 2. The number of likely N-dealkylation sites (tertiary alicyclic amines) is 1. The number of hydrogen-bond acceptors (Lipinski definition) is 5. The normalized spacial score (nSPS) is 17.5. The Morgan fingerprint density at radius 3 is 2.76 bits per heavy atom. The Balaban J connectivity index is 1.93. The maximum Gasteiger partial charge on any atom is 0.308 e. The van der Waals surface area contributed by atoms with Crippen molar-refractivity contribution in [2.24, 2.45) is 5.92 Å². The van der Waals surface area contributed by atoms with E-state index in [1.165, 1.54) is 17.0 Å². The second-order valence-corrected chi connectivity index (χ2v) is 4.79. The van der Waals surface area contributed by atoms with Crippen molar-refractivity contribution in [3.05, 3.63) is 34.4 Å². The highest BCUT2D eigenvalue weighted by molar-refractivity contribution is 5.83. The quantitative estimate of drug-likeness (QED) is 0.617. The summed E-state index contributed by atoms with van der Waals surface area (Å²) in [5, 5.41) is 22.5. The first-order valence-corrected chi connectivity index (χ1v) is 6.47. The van der Waals surface area contributed by atoms with Gasteiger partial charge >= 0.3 is 5.97 Å². The summed E-state index contributed by atoms with van der Waals surface area (Å²) < 4.78 is 0. The fourth-order valence-electron chi connectivity index (χ4n) is 2.25. The van der Waals surface area contributed by atoms with E-state index in [4.69, 9.17) is 5.11 Å². The van der Waals surface area contributed by atoms with E-state index in [1.54, 1.807) is 12.1 Å². The monoisotopic (exact) mass is 293 g/mol. The lowest BCUT2D eigenvalue weighted by atomic mass is 10.1. The smallest absolute Gasteiger partial charge is 0.308 e. The number of carboxylic acids is 1. The molecular formula is C13H15N3O5. The van der Waals surface area contributed by atoms with Crippen LogP contribution in [0.3, 0.4) is 0 Å². The van der Waals surface area contributed by atoms with Gasteiger partial charge in [0, 0.05) is 19.2 Å². The van der Waals surface area contributed by atoms with E-state index < -0.39 is 16.8 Å². The number of benzene rings is 1. The van der Waals surface area contributed by atoms with Crippen molar-refractivity contribution in [1.82, 2.24) is 4.90 Å². The summed E-state index contributed by atoms with van der Waals surface area (Å²) in [6, 6.07) is 6.05. The van der Waals surface area contributed by atoms with Crippen molar-refractivity contribution in [1.29, 1.82) is 0 Å². The molecule has 1 aromatic rings. The average molecular weight is 293 g/mol. The molecular weight excluding hydrogens is 278 g/mol. The number of nitro benzene ring substituents is 1. The number of carbonyl (C=O) groups excluding carboxylic acids is 1. The number of para-hydroxylation sites is 2. The Morgan fingerprint density at radius 1 is 1.43 bits per heavy atom. The van der Waals surface area contributed by atoms with Crippen LogP contribution in [0.25, 0.3) is 0 Å². The number of nitrogens with one attached hydrogen (secondary N) is 1. The van der Waals surface area contributed by atoms with E-state index in [0.717, 1.165) is 0 Å². The molecule has 0 saturated carbocycles. The van der Waals surface area contributed by atoms with E-state index in [9.17, 15) is 19.7 Å². The number of nitro groups is 1. The topological polar surface area (TPSA) is 113 Å². The molecule has 1 heterocycles. The number of nitrogens with zero attached hydrogens (tertiary/aromatic N) is 2. The number of carbonyl (C=O) groups is 2. The minimum atomic E-state index is -0.906. The molecule has 1 aliphatic rings. The molecule has 0 radical (unpaired) electrons. The van der Waals surface area contributed by atoms with Crippen LogP contribution in [0.5, 0.6) is 0 Å². The molecule has 0 spiro atoms. The highest BCUT2D eigenvalue weighted by Gasteiger charge is 2.30. The van der Waals surface area contributed by atoms with Crippen molar-refractivity contribution < 1.29 is 19.6 Å². The van der Waals surface area contributed by atoms with Gasteiger partial charge in [0.05, 0.1) is 17.4 Å². The van der Waals surface area contributed by atoms with Crippen molar-refractivity contribution >= 4 is 23.3 Å². The summed E-state index contributed by atoms with van der Waals surface area (Å²) >= 11 is 0. The van der Waals surface area contributed by atoms with Crippen LogP contribution in [0.1, 0.15) is 6.42 Å². The molecule has 1 saturated heterocycles. The molecule has 21 heavy (non-hydrogen) atoms. The van der Waals surface area contributed by atoms with Crippen molar-refractivity contribution in [2.45, 2.75) is 6.42 Å². The number of amides is 1. The Labute approximate surface area is 120 Å². The fraction of sp³-hybridized carbons (Fsp3) is 0.385. The number of anilines is 1. The molecule has 2 N–H and O–H groups in total. The third kappa shape index (κ3) is 3.47. The molecule has 1 atom stereocenters. The summed E-state index contributed by atoms with van der Waals surface area (Å²) in [6.45, 7) is 0.484. The van der Waals surface area contributed by atoms with Crippen LogP contribution in [0.15, 0.2) is 24.3 Å². The van der Waals surface area contributed by atoms with Gasteiger partial charge in [0.1, 0.15) is 5.69 Å². The first-order chi connectivity index (χ1) is 9.99. The second-order valence-electron chi connectivity index (χ2n) is 4.79. The summed E-state index contributed by atoms with van der Waals surface area (Å²) in [6.07, 6.45) is 0.437. The lowest BCUT2D eigenvalue weighted by Gasteiger charge is -2.16. The van der Waals surface area contributed by atoms with Gasteiger partial charge in [-0.1, -0.05) is 12.1 Å². The van der Waals surface area contributed by atoms with Gasteiger partial charge < -0.3 is 15.3 Å². The molecule has 112 valence electrons. The van der Waals surface area contributed by atoms with Gasteiger partial charge in [-0.15, -0.1) is 0 Å². The van der Waals surface area contributed by atoms with Crippen LogP contribution >= 0.6 is 0 Å². The largest absolute Gasteiger partial charge is 0.481 e. The lowest BCUT2D eigenvalue weighted by Crippen LogP contribution is -2.34. The van der Waals surface area contributed by atoms with E-state index >= 15 is 0 Å². The third-order valence-electron chi connectivity index (χ3n) is 3.42. The Morgan fingerprint density at radius 2 is 2.14 bits per heavy atom. The molecule has 1 aromatic carbocycles. The van der Waals surface area contributed by atoms with Gasteiger partial charge in [-0.05, 0) is 12.5 Å². The van der Waals surface area contributed by atoms with Crippen LogP contribution in [-0.2, 0) is 9.59 Å². The fourth-order valence-corrected chi connectivity index (χ4v) is 2.25. The van der Waals surface area contributed by atoms with Crippen LogP contribution in [0.4, 0.5) is 11.4 Å². The maximum atomic E-state index is 12.0. The first-order valence-electron chi connectivity index (χ1n) is 6.47. The number of aliphatic carboxylic acids is 1. The van der Waals surface area contributed by atoms with E-state index in [-0.39, 0.29) is 30.4 Å². The molecule has 8 nitrogen and oxygen atoms in total. The minimum Gasteiger partial charge on any atom is -0.481 e. The van der Waals surface area contributed by atoms with Crippen LogP contribution < -0.4 is 5.32 Å². The van der Waals surface area contributed by atoms with E-state index in [1.807, 2.05) is 0 Å². The number of carboxylic acid groups (broad SMARTS) is 1. The third-order valence-corrected chi connectivity index (χ3v) is 3.42. The van der Waals surface area contributed by atoms with Crippen LogP contribution in [-0.4, -0.2) is 46.4 Å². The minimum absolute atomic E-state index is 0.100. The molecule has 1 unspecified atom stereocenters. The van der Waals surface area contributed by atoms with Crippen molar-refractivity contribution in [3.63, 3.8) is 0 Å².